The Morgan fingerprint density at radius 3 is 2.72 bits per heavy atom. The van der Waals surface area contributed by atoms with Crippen molar-refractivity contribution >= 4 is 43.2 Å². The average Bonchev–Trinajstić information content (AvgIpc) is 2.75. The van der Waals surface area contributed by atoms with Gasteiger partial charge in [0.1, 0.15) is 5.75 Å². The first-order chi connectivity index (χ1) is 8.60. The zero-order chi connectivity index (χ0) is 13.1. The summed E-state index contributed by atoms with van der Waals surface area (Å²) in [5.41, 5.74) is 7.33. The lowest BCUT2D eigenvalue weighted by atomic mass is 10.0. The first-order valence-electron chi connectivity index (χ1n) is 5.42. The molecule has 0 fully saturated rings. The molecule has 0 saturated carbocycles. The topological polar surface area (TPSA) is 35.2 Å². The van der Waals surface area contributed by atoms with Crippen molar-refractivity contribution in [1.82, 2.24) is 0 Å². The molecular weight excluding hydrogens is 378 g/mol. The van der Waals surface area contributed by atoms with Gasteiger partial charge in [-0.2, -0.15) is 0 Å². The van der Waals surface area contributed by atoms with Crippen LogP contribution in [0.4, 0.5) is 0 Å². The van der Waals surface area contributed by atoms with Crippen molar-refractivity contribution in [3.8, 4) is 5.75 Å². The van der Waals surface area contributed by atoms with Gasteiger partial charge in [-0.1, -0.05) is 15.9 Å². The summed E-state index contributed by atoms with van der Waals surface area (Å²) >= 11 is 8.71. The number of methoxy groups -OCH3 is 1. The van der Waals surface area contributed by atoms with Crippen LogP contribution in [0.5, 0.6) is 5.75 Å². The molecule has 0 bridgehead atoms. The quantitative estimate of drug-likeness (QED) is 0.832. The Kier molecular flexibility index (Phi) is 4.84. The second-order valence-corrected chi connectivity index (χ2v) is 6.70. The Hall–Kier alpha value is -0.360. The molecule has 0 amide bonds. The summed E-state index contributed by atoms with van der Waals surface area (Å²) in [5.74, 6) is 0.830. The normalized spacial score (nSPS) is 12.4. The van der Waals surface area contributed by atoms with Crippen LogP contribution in [0.15, 0.2) is 38.6 Å². The number of rotatable bonds is 4. The predicted molar refractivity (Wildman–Crippen MR) is 83.3 cm³/mol. The highest BCUT2D eigenvalue weighted by atomic mass is 79.9. The number of benzene rings is 1. The summed E-state index contributed by atoms with van der Waals surface area (Å²) in [5, 5.41) is 2.07. The van der Waals surface area contributed by atoms with Gasteiger partial charge in [-0.05, 0) is 45.8 Å². The first-order valence-corrected chi connectivity index (χ1v) is 7.88. The zero-order valence-electron chi connectivity index (χ0n) is 9.82. The Morgan fingerprint density at radius 2 is 2.11 bits per heavy atom. The second kappa shape index (κ2) is 6.19. The summed E-state index contributed by atoms with van der Waals surface area (Å²) in [6.45, 7) is 0. The lowest BCUT2D eigenvalue weighted by Crippen LogP contribution is -2.13. The van der Waals surface area contributed by atoms with Crippen LogP contribution in [-0.4, -0.2) is 7.11 Å². The summed E-state index contributed by atoms with van der Waals surface area (Å²) in [6.07, 6.45) is 0.821. The van der Waals surface area contributed by atoms with Gasteiger partial charge in [0.15, 0.2) is 0 Å². The van der Waals surface area contributed by atoms with Gasteiger partial charge in [-0.3, -0.25) is 0 Å². The van der Waals surface area contributed by atoms with E-state index in [1.54, 1.807) is 18.4 Å². The summed E-state index contributed by atoms with van der Waals surface area (Å²) in [7, 11) is 1.66. The molecule has 1 aromatic carbocycles. The summed E-state index contributed by atoms with van der Waals surface area (Å²) in [4.78, 5) is 1.27. The Bertz CT molecular complexity index is 542. The van der Waals surface area contributed by atoms with Crippen molar-refractivity contribution in [3.05, 3.63) is 49.0 Å². The molecule has 0 radical (unpaired) electrons. The maximum atomic E-state index is 6.27. The van der Waals surface area contributed by atoms with Crippen LogP contribution < -0.4 is 10.5 Å². The minimum Gasteiger partial charge on any atom is -0.497 e. The molecule has 1 atom stereocenters. The molecule has 0 saturated heterocycles. The fraction of sp³-hybridized carbons (Fsp3) is 0.231. The van der Waals surface area contributed by atoms with Crippen LogP contribution in [0.1, 0.15) is 16.5 Å². The van der Waals surface area contributed by atoms with Crippen molar-refractivity contribution in [3.63, 3.8) is 0 Å². The average molecular weight is 391 g/mol. The lowest BCUT2D eigenvalue weighted by Gasteiger charge is -2.14. The molecule has 2 nitrogen and oxygen atoms in total. The van der Waals surface area contributed by atoms with Gasteiger partial charge >= 0.3 is 0 Å². The van der Waals surface area contributed by atoms with E-state index in [9.17, 15) is 0 Å². The molecule has 0 aliphatic rings. The number of hydrogen-bond acceptors (Lipinski definition) is 3. The first kappa shape index (κ1) is 14.1. The molecule has 18 heavy (non-hydrogen) atoms. The predicted octanol–water partition coefficient (Wildman–Crippen LogP) is 4.52. The van der Waals surface area contributed by atoms with Gasteiger partial charge in [0.2, 0.25) is 0 Å². The van der Waals surface area contributed by atoms with E-state index in [-0.39, 0.29) is 6.04 Å². The fourth-order valence-electron chi connectivity index (χ4n) is 1.72. The molecule has 2 rings (SSSR count). The summed E-state index contributed by atoms with van der Waals surface area (Å²) < 4.78 is 7.36. The van der Waals surface area contributed by atoms with Gasteiger partial charge in [-0.15, -0.1) is 11.3 Å². The van der Waals surface area contributed by atoms with Crippen molar-refractivity contribution in [2.24, 2.45) is 5.73 Å². The highest BCUT2D eigenvalue weighted by Crippen LogP contribution is 2.30. The van der Waals surface area contributed by atoms with Crippen LogP contribution >= 0.6 is 43.2 Å². The molecule has 0 aliphatic heterocycles. The molecule has 2 aromatic rings. The standard InChI is InChI=1S/C13H13Br2NOS/c1-17-9-2-3-12(15)11(5-9)13(16)6-10-4-8(14)7-18-10/h2-5,7,13H,6,16H2,1H3. The van der Waals surface area contributed by atoms with Gasteiger partial charge in [0, 0.05) is 31.7 Å². The number of ether oxygens (including phenoxy) is 1. The van der Waals surface area contributed by atoms with E-state index >= 15 is 0 Å². The third-order valence-electron chi connectivity index (χ3n) is 2.65. The van der Waals surface area contributed by atoms with E-state index in [0.717, 1.165) is 26.7 Å². The largest absolute Gasteiger partial charge is 0.497 e. The molecule has 1 aromatic heterocycles. The van der Waals surface area contributed by atoms with Crippen molar-refractivity contribution in [1.29, 1.82) is 0 Å². The van der Waals surface area contributed by atoms with Crippen molar-refractivity contribution in [2.75, 3.05) is 7.11 Å². The third-order valence-corrected chi connectivity index (χ3v) is 5.09. The minimum absolute atomic E-state index is 0.0416. The number of nitrogens with two attached hydrogens (primary N) is 1. The van der Waals surface area contributed by atoms with Crippen molar-refractivity contribution < 1.29 is 4.74 Å². The SMILES string of the molecule is COc1ccc(Br)c(C(N)Cc2cc(Br)cs2)c1. The molecule has 1 heterocycles. The Balaban J connectivity index is 2.20. The smallest absolute Gasteiger partial charge is 0.119 e. The highest BCUT2D eigenvalue weighted by Gasteiger charge is 2.13. The fourth-order valence-corrected chi connectivity index (χ4v) is 3.77. The molecule has 0 aliphatic carbocycles. The van der Waals surface area contributed by atoms with E-state index in [2.05, 4.69) is 43.3 Å². The van der Waals surface area contributed by atoms with Gasteiger partial charge in [-0.25, -0.2) is 0 Å². The van der Waals surface area contributed by atoms with E-state index in [4.69, 9.17) is 10.5 Å². The highest BCUT2D eigenvalue weighted by molar-refractivity contribution is 9.10. The number of hydrogen-bond donors (Lipinski definition) is 1. The monoisotopic (exact) mass is 389 g/mol. The van der Waals surface area contributed by atoms with Gasteiger partial charge in [0.05, 0.1) is 7.11 Å². The van der Waals surface area contributed by atoms with E-state index in [1.807, 2.05) is 18.2 Å². The van der Waals surface area contributed by atoms with E-state index in [1.165, 1.54) is 4.88 Å². The molecule has 5 heteroatoms. The molecule has 0 spiro atoms. The van der Waals surface area contributed by atoms with Crippen LogP contribution in [0.2, 0.25) is 0 Å². The molecule has 96 valence electrons. The molecular formula is C13H13Br2NOS. The lowest BCUT2D eigenvalue weighted by molar-refractivity contribution is 0.413. The van der Waals surface area contributed by atoms with Gasteiger partial charge < -0.3 is 10.5 Å². The van der Waals surface area contributed by atoms with Crippen LogP contribution in [-0.2, 0) is 6.42 Å². The Morgan fingerprint density at radius 1 is 1.33 bits per heavy atom. The zero-order valence-corrected chi connectivity index (χ0v) is 13.8. The van der Waals surface area contributed by atoms with Crippen molar-refractivity contribution in [2.45, 2.75) is 12.5 Å². The van der Waals surface area contributed by atoms with Gasteiger partial charge in [0.25, 0.3) is 0 Å². The Labute approximate surface area is 127 Å². The second-order valence-electron chi connectivity index (χ2n) is 3.93. The van der Waals surface area contributed by atoms with E-state index in [0.29, 0.717) is 0 Å². The molecule has 2 N–H and O–H groups in total. The van der Waals surface area contributed by atoms with Crippen LogP contribution in [0.3, 0.4) is 0 Å². The third kappa shape index (κ3) is 3.35. The van der Waals surface area contributed by atoms with Crippen LogP contribution in [0.25, 0.3) is 0 Å². The number of thiophene rings is 1. The maximum Gasteiger partial charge on any atom is 0.119 e. The molecule has 1 unspecified atom stereocenters. The van der Waals surface area contributed by atoms with E-state index < -0.39 is 0 Å². The minimum atomic E-state index is -0.0416. The number of halogens is 2. The summed E-state index contributed by atoms with van der Waals surface area (Å²) in [6, 6.07) is 7.94. The van der Waals surface area contributed by atoms with Crippen LogP contribution in [0, 0.1) is 0 Å². The maximum absolute atomic E-state index is 6.27.